The van der Waals surface area contributed by atoms with Crippen LogP contribution in [0.2, 0.25) is 0 Å². The number of phenols is 1. The molecule has 0 saturated carbocycles. The average Bonchev–Trinajstić information content (AvgIpc) is 2.32. The van der Waals surface area contributed by atoms with Crippen molar-refractivity contribution in [1.29, 1.82) is 0 Å². The number of hydrogen-bond acceptors (Lipinski definition) is 2. The molecule has 98 valence electrons. The zero-order chi connectivity index (χ0) is 12.9. The van der Waals surface area contributed by atoms with Crippen LogP contribution in [0.25, 0.3) is 0 Å². The maximum atomic E-state index is 9.76. The van der Waals surface area contributed by atoms with Gasteiger partial charge in [-0.3, -0.25) is 0 Å². The minimum atomic E-state index is 0.172. The van der Waals surface area contributed by atoms with Crippen molar-refractivity contribution in [1.82, 2.24) is 4.90 Å². The standard InChI is InChI=1S/C16H23NO/c1-16(2)13-5-4-8-17(3)15(13)9-11-6-7-12(18)10-14(11)16/h6-7,10,13,15,18H,4-5,8-9H2,1-3H3/t13-,15+/m1/s1. The Labute approximate surface area is 110 Å². The minimum Gasteiger partial charge on any atom is -0.508 e. The molecule has 1 aliphatic heterocycles. The third-order valence-corrected chi connectivity index (χ3v) is 5.20. The zero-order valence-electron chi connectivity index (χ0n) is 11.6. The van der Waals surface area contributed by atoms with E-state index in [4.69, 9.17) is 0 Å². The van der Waals surface area contributed by atoms with E-state index in [1.165, 1.54) is 30.5 Å². The molecule has 1 aliphatic carbocycles. The molecule has 3 rings (SSSR count). The lowest BCUT2D eigenvalue weighted by Gasteiger charge is -2.51. The molecule has 1 fully saturated rings. The van der Waals surface area contributed by atoms with Crippen LogP contribution < -0.4 is 0 Å². The first kappa shape index (κ1) is 12.0. The van der Waals surface area contributed by atoms with Gasteiger partial charge in [0.25, 0.3) is 0 Å². The predicted molar refractivity (Wildman–Crippen MR) is 74.0 cm³/mol. The molecular formula is C16H23NO. The van der Waals surface area contributed by atoms with Gasteiger partial charge in [0.15, 0.2) is 0 Å². The summed E-state index contributed by atoms with van der Waals surface area (Å²) in [5.74, 6) is 1.12. The molecule has 1 aromatic carbocycles. The highest BCUT2D eigenvalue weighted by Gasteiger charge is 2.45. The summed E-state index contributed by atoms with van der Waals surface area (Å²) < 4.78 is 0. The number of nitrogens with zero attached hydrogens (tertiary/aromatic N) is 1. The fourth-order valence-corrected chi connectivity index (χ4v) is 4.13. The molecule has 2 aliphatic rings. The van der Waals surface area contributed by atoms with Crippen molar-refractivity contribution in [2.24, 2.45) is 5.92 Å². The van der Waals surface area contributed by atoms with Crippen molar-refractivity contribution in [3.05, 3.63) is 29.3 Å². The van der Waals surface area contributed by atoms with Gasteiger partial charge in [-0.25, -0.2) is 0 Å². The number of hydrogen-bond donors (Lipinski definition) is 1. The second-order valence-electron chi connectivity index (χ2n) is 6.56. The third kappa shape index (κ3) is 1.66. The molecule has 18 heavy (non-hydrogen) atoms. The van der Waals surface area contributed by atoms with Crippen molar-refractivity contribution in [3.8, 4) is 5.75 Å². The predicted octanol–water partition coefficient (Wildman–Crippen LogP) is 2.94. The number of rotatable bonds is 0. The van der Waals surface area contributed by atoms with E-state index in [0.29, 0.717) is 17.7 Å². The van der Waals surface area contributed by atoms with Gasteiger partial charge >= 0.3 is 0 Å². The first-order chi connectivity index (χ1) is 8.50. The van der Waals surface area contributed by atoms with Crippen molar-refractivity contribution >= 4 is 0 Å². The van der Waals surface area contributed by atoms with Crippen LogP contribution in [0.15, 0.2) is 18.2 Å². The Balaban J connectivity index is 2.09. The van der Waals surface area contributed by atoms with Gasteiger partial charge in [0.05, 0.1) is 0 Å². The van der Waals surface area contributed by atoms with Gasteiger partial charge in [-0.1, -0.05) is 19.9 Å². The van der Waals surface area contributed by atoms with E-state index in [2.05, 4.69) is 31.9 Å². The molecular weight excluding hydrogens is 222 g/mol. The van der Waals surface area contributed by atoms with Crippen molar-refractivity contribution in [3.63, 3.8) is 0 Å². The van der Waals surface area contributed by atoms with E-state index in [1.807, 2.05) is 12.1 Å². The molecule has 1 aromatic rings. The van der Waals surface area contributed by atoms with Gasteiger partial charge in [0, 0.05) is 6.04 Å². The minimum absolute atomic E-state index is 0.172. The number of likely N-dealkylation sites (tertiary alicyclic amines) is 1. The summed E-state index contributed by atoms with van der Waals surface area (Å²) >= 11 is 0. The molecule has 2 nitrogen and oxygen atoms in total. The summed E-state index contributed by atoms with van der Waals surface area (Å²) in [4.78, 5) is 2.53. The number of likely N-dealkylation sites (N-methyl/N-ethyl adjacent to an activating group) is 1. The van der Waals surface area contributed by atoms with E-state index in [9.17, 15) is 5.11 Å². The fourth-order valence-electron chi connectivity index (χ4n) is 4.13. The van der Waals surface area contributed by atoms with Crippen molar-refractivity contribution < 1.29 is 5.11 Å². The third-order valence-electron chi connectivity index (χ3n) is 5.20. The molecule has 0 radical (unpaired) electrons. The Kier molecular flexibility index (Phi) is 2.67. The monoisotopic (exact) mass is 245 g/mol. The number of benzene rings is 1. The molecule has 0 spiro atoms. The Morgan fingerprint density at radius 3 is 2.89 bits per heavy atom. The highest BCUT2D eigenvalue weighted by atomic mass is 16.3. The van der Waals surface area contributed by atoms with Crippen LogP contribution in [0.3, 0.4) is 0 Å². The normalized spacial score (nSPS) is 30.6. The Morgan fingerprint density at radius 2 is 2.11 bits per heavy atom. The Morgan fingerprint density at radius 1 is 1.33 bits per heavy atom. The van der Waals surface area contributed by atoms with Crippen LogP contribution in [0.5, 0.6) is 5.75 Å². The topological polar surface area (TPSA) is 23.5 Å². The zero-order valence-corrected chi connectivity index (χ0v) is 11.6. The molecule has 2 heteroatoms. The van der Waals surface area contributed by atoms with Gasteiger partial charge < -0.3 is 10.0 Å². The van der Waals surface area contributed by atoms with Gasteiger partial charge in [0.2, 0.25) is 0 Å². The Bertz CT molecular complexity index is 466. The molecule has 0 amide bonds. The average molecular weight is 245 g/mol. The second kappa shape index (κ2) is 3.99. The SMILES string of the molecule is CN1CCC[C@@H]2[C@@H]1Cc1ccc(O)cc1C2(C)C. The van der Waals surface area contributed by atoms with Crippen molar-refractivity contribution in [2.75, 3.05) is 13.6 Å². The molecule has 1 heterocycles. The number of piperidine rings is 1. The van der Waals surface area contributed by atoms with Crippen LogP contribution in [-0.2, 0) is 11.8 Å². The lowest BCUT2D eigenvalue weighted by Crippen LogP contribution is -2.53. The first-order valence-electron chi connectivity index (χ1n) is 7.03. The van der Waals surface area contributed by atoms with Crippen LogP contribution >= 0.6 is 0 Å². The smallest absolute Gasteiger partial charge is 0.115 e. The maximum Gasteiger partial charge on any atom is 0.115 e. The summed E-state index contributed by atoms with van der Waals surface area (Å²) in [7, 11) is 2.26. The van der Waals surface area contributed by atoms with Crippen LogP contribution in [0.1, 0.15) is 37.8 Å². The number of aromatic hydroxyl groups is 1. The lowest BCUT2D eigenvalue weighted by atomic mass is 9.60. The fraction of sp³-hybridized carbons (Fsp3) is 0.625. The Hall–Kier alpha value is -1.02. The van der Waals surface area contributed by atoms with Gasteiger partial charge in [0.1, 0.15) is 5.75 Å². The molecule has 1 N–H and O–H groups in total. The van der Waals surface area contributed by atoms with E-state index in [0.717, 1.165) is 6.42 Å². The summed E-state index contributed by atoms with van der Waals surface area (Å²) in [6.45, 7) is 5.92. The molecule has 2 atom stereocenters. The van der Waals surface area contributed by atoms with E-state index in [1.54, 1.807) is 0 Å². The summed E-state index contributed by atoms with van der Waals surface area (Å²) in [5, 5.41) is 9.76. The van der Waals surface area contributed by atoms with E-state index < -0.39 is 0 Å². The van der Waals surface area contributed by atoms with Gasteiger partial charge in [-0.05, 0) is 67.4 Å². The van der Waals surface area contributed by atoms with Crippen LogP contribution in [0, 0.1) is 5.92 Å². The van der Waals surface area contributed by atoms with E-state index >= 15 is 0 Å². The first-order valence-corrected chi connectivity index (χ1v) is 7.03. The summed E-state index contributed by atoms with van der Waals surface area (Å²) in [6.07, 6.45) is 3.76. The lowest BCUT2D eigenvalue weighted by molar-refractivity contribution is 0.0637. The van der Waals surface area contributed by atoms with Gasteiger partial charge in [-0.15, -0.1) is 0 Å². The molecule has 0 unspecified atom stereocenters. The quantitative estimate of drug-likeness (QED) is 0.759. The second-order valence-corrected chi connectivity index (χ2v) is 6.56. The molecule has 0 bridgehead atoms. The van der Waals surface area contributed by atoms with Crippen LogP contribution in [-0.4, -0.2) is 29.6 Å². The highest BCUT2D eigenvalue weighted by molar-refractivity contribution is 5.43. The number of phenolic OH excluding ortho intramolecular Hbond substituents is 1. The van der Waals surface area contributed by atoms with E-state index in [-0.39, 0.29) is 5.41 Å². The molecule has 1 saturated heterocycles. The van der Waals surface area contributed by atoms with Gasteiger partial charge in [-0.2, -0.15) is 0 Å². The summed E-state index contributed by atoms with van der Waals surface area (Å²) in [6, 6.07) is 6.61. The molecule has 0 aromatic heterocycles. The maximum absolute atomic E-state index is 9.76. The largest absolute Gasteiger partial charge is 0.508 e. The number of fused-ring (bicyclic) bond motifs is 2. The highest BCUT2D eigenvalue weighted by Crippen LogP contribution is 2.47. The summed E-state index contributed by atoms with van der Waals surface area (Å²) in [5.41, 5.74) is 2.96. The van der Waals surface area contributed by atoms with Crippen LogP contribution in [0.4, 0.5) is 0 Å². The van der Waals surface area contributed by atoms with Crippen molar-refractivity contribution in [2.45, 2.75) is 44.6 Å².